The van der Waals surface area contributed by atoms with Crippen LogP contribution >= 0.6 is 0 Å². The molecule has 0 aliphatic rings. The summed E-state index contributed by atoms with van der Waals surface area (Å²) in [7, 11) is -1.96. The molecule has 0 spiro atoms. The van der Waals surface area contributed by atoms with Crippen LogP contribution < -0.4 is 5.32 Å². The minimum Gasteiger partial charge on any atom is -0.313 e. The SMILES string of the molecule is C=CCCCN(C)S(=O)(=O)c1n[nH]c(C)c1CNCC. The molecule has 1 heterocycles. The molecule has 2 N–H and O–H groups in total. The molecule has 1 aromatic rings. The van der Waals surface area contributed by atoms with Gasteiger partial charge in [-0.05, 0) is 26.3 Å². The normalized spacial score (nSPS) is 12.0. The van der Waals surface area contributed by atoms with Crippen LogP contribution in [0.5, 0.6) is 0 Å². The average molecular weight is 300 g/mol. The van der Waals surface area contributed by atoms with E-state index in [9.17, 15) is 8.42 Å². The number of H-pyrrole nitrogens is 1. The Kier molecular flexibility index (Phi) is 6.38. The van der Waals surface area contributed by atoms with E-state index in [2.05, 4.69) is 22.1 Å². The molecule has 7 heteroatoms. The standard InChI is InChI=1S/C13H24N4O2S/c1-5-7-8-9-17(4)20(18,19)13-12(10-14-6-2)11(3)15-16-13/h5,14H,1,6-10H2,2-4H3,(H,15,16). The van der Waals surface area contributed by atoms with Gasteiger partial charge in [0.1, 0.15) is 0 Å². The summed E-state index contributed by atoms with van der Waals surface area (Å²) >= 11 is 0. The summed E-state index contributed by atoms with van der Waals surface area (Å²) in [6, 6.07) is 0. The maximum atomic E-state index is 12.5. The molecular formula is C13H24N4O2S. The zero-order valence-corrected chi connectivity index (χ0v) is 13.3. The van der Waals surface area contributed by atoms with Gasteiger partial charge in [0.25, 0.3) is 10.0 Å². The van der Waals surface area contributed by atoms with Crippen LogP contribution in [-0.4, -0.2) is 43.1 Å². The molecule has 20 heavy (non-hydrogen) atoms. The van der Waals surface area contributed by atoms with Gasteiger partial charge in [-0.15, -0.1) is 6.58 Å². The molecule has 0 aliphatic heterocycles. The van der Waals surface area contributed by atoms with Crippen molar-refractivity contribution in [1.29, 1.82) is 0 Å². The van der Waals surface area contributed by atoms with Gasteiger partial charge < -0.3 is 5.32 Å². The Labute approximate surface area is 121 Å². The molecule has 0 atom stereocenters. The van der Waals surface area contributed by atoms with Crippen molar-refractivity contribution in [2.24, 2.45) is 0 Å². The van der Waals surface area contributed by atoms with Crippen molar-refractivity contribution in [2.45, 2.75) is 38.3 Å². The van der Waals surface area contributed by atoms with E-state index in [-0.39, 0.29) is 5.03 Å². The Morgan fingerprint density at radius 3 is 2.80 bits per heavy atom. The lowest BCUT2D eigenvalue weighted by Gasteiger charge is -2.16. The predicted molar refractivity (Wildman–Crippen MR) is 80.0 cm³/mol. The summed E-state index contributed by atoms with van der Waals surface area (Å²) in [5, 5.41) is 10.00. The maximum Gasteiger partial charge on any atom is 0.262 e. The number of sulfonamides is 1. The third-order valence-electron chi connectivity index (χ3n) is 3.12. The highest BCUT2D eigenvalue weighted by molar-refractivity contribution is 7.89. The third-order valence-corrected chi connectivity index (χ3v) is 4.95. The lowest BCUT2D eigenvalue weighted by atomic mass is 10.2. The number of rotatable bonds is 9. The zero-order chi connectivity index (χ0) is 15.2. The molecule has 0 aliphatic carbocycles. The van der Waals surface area contributed by atoms with Gasteiger partial charge in [-0.3, -0.25) is 5.10 Å². The number of unbranched alkanes of at least 4 members (excludes halogenated alkanes) is 1. The van der Waals surface area contributed by atoms with Gasteiger partial charge in [0.2, 0.25) is 0 Å². The minimum absolute atomic E-state index is 0.122. The number of aromatic amines is 1. The number of allylic oxidation sites excluding steroid dienone is 1. The fraction of sp³-hybridized carbons (Fsp3) is 0.615. The van der Waals surface area contributed by atoms with Crippen LogP contribution in [0.1, 0.15) is 31.0 Å². The second-order valence-electron chi connectivity index (χ2n) is 4.67. The third kappa shape index (κ3) is 3.91. The lowest BCUT2D eigenvalue weighted by molar-refractivity contribution is 0.459. The summed E-state index contributed by atoms with van der Waals surface area (Å²) in [5.41, 5.74) is 1.49. The molecule has 0 saturated carbocycles. The van der Waals surface area contributed by atoms with Crippen LogP contribution in [0, 0.1) is 6.92 Å². The van der Waals surface area contributed by atoms with Crippen molar-refractivity contribution in [3.05, 3.63) is 23.9 Å². The molecule has 0 fully saturated rings. The van der Waals surface area contributed by atoms with E-state index in [4.69, 9.17) is 0 Å². The number of aryl methyl sites for hydroxylation is 1. The van der Waals surface area contributed by atoms with Crippen LogP contribution in [0.3, 0.4) is 0 Å². The molecule has 6 nitrogen and oxygen atoms in total. The zero-order valence-electron chi connectivity index (χ0n) is 12.4. The maximum absolute atomic E-state index is 12.5. The Morgan fingerprint density at radius 2 is 2.20 bits per heavy atom. The van der Waals surface area contributed by atoms with Gasteiger partial charge in [-0.25, -0.2) is 8.42 Å². The second kappa shape index (κ2) is 7.56. The number of hydrogen-bond acceptors (Lipinski definition) is 4. The molecule has 0 aromatic carbocycles. The lowest BCUT2D eigenvalue weighted by Crippen LogP contribution is -2.29. The molecule has 114 valence electrons. The van der Waals surface area contributed by atoms with Crippen LogP contribution in [0.15, 0.2) is 17.7 Å². The largest absolute Gasteiger partial charge is 0.313 e. The summed E-state index contributed by atoms with van der Waals surface area (Å²) < 4.78 is 26.4. The Balaban J connectivity index is 2.94. The van der Waals surface area contributed by atoms with E-state index in [1.807, 2.05) is 13.8 Å². The van der Waals surface area contributed by atoms with E-state index >= 15 is 0 Å². The van der Waals surface area contributed by atoms with Crippen LogP contribution in [-0.2, 0) is 16.6 Å². The number of nitrogens with one attached hydrogen (secondary N) is 2. The molecule has 0 amide bonds. The van der Waals surface area contributed by atoms with Crippen molar-refractivity contribution in [3.8, 4) is 0 Å². The summed E-state index contributed by atoms with van der Waals surface area (Å²) in [6.07, 6.45) is 3.34. The Bertz CT molecular complexity index is 537. The van der Waals surface area contributed by atoms with E-state index in [0.29, 0.717) is 18.7 Å². The molecule has 0 unspecified atom stereocenters. The fourth-order valence-corrected chi connectivity index (χ4v) is 3.19. The molecule has 0 bridgehead atoms. The highest BCUT2D eigenvalue weighted by atomic mass is 32.2. The topological polar surface area (TPSA) is 78.1 Å². The van der Waals surface area contributed by atoms with Crippen LogP contribution in [0.4, 0.5) is 0 Å². The average Bonchev–Trinajstić information content (AvgIpc) is 2.78. The van der Waals surface area contributed by atoms with Gasteiger partial charge in [0.05, 0.1) is 0 Å². The molecule has 0 saturated heterocycles. The van der Waals surface area contributed by atoms with E-state index in [1.165, 1.54) is 4.31 Å². The van der Waals surface area contributed by atoms with Crippen molar-refractivity contribution >= 4 is 10.0 Å². The summed E-state index contributed by atoms with van der Waals surface area (Å²) in [5.74, 6) is 0. The fourth-order valence-electron chi connectivity index (χ4n) is 1.83. The first-order chi connectivity index (χ1) is 9.45. The predicted octanol–water partition coefficient (Wildman–Crippen LogP) is 1.41. The first-order valence-corrected chi connectivity index (χ1v) is 8.21. The number of hydrogen-bond donors (Lipinski definition) is 2. The van der Waals surface area contributed by atoms with Gasteiger partial charge in [-0.1, -0.05) is 13.0 Å². The van der Waals surface area contributed by atoms with Gasteiger partial charge >= 0.3 is 0 Å². The van der Waals surface area contributed by atoms with Crippen LogP contribution in [0.2, 0.25) is 0 Å². The summed E-state index contributed by atoms with van der Waals surface area (Å²) in [6.45, 7) is 9.17. The van der Waals surface area contributed by atoms with Crippen LogP contribution in [0.25, 0.3) is 0 Å². The van der Waals surface area contributed by atoms with Crippen molar-refractivity contribution in [1.82, 2.24) is 19.8 Å². The second-order valence-corrected chi connectivity index (χ2v) is 6.63. The van der Waals surface area contributed by atoms with Gasteiger partial charge in [0, 0.05) is 31.4 Å². The van der Waals surface area contributed by atoms with E-state index < -0.39 is 10.0 Å². The minimum atomic E-state index is -3.54. The first-order valence-electron chi connectivity index (χ1n) is 6.76. The number of nitrogens with zero attached hydrogens (tertiary/aromatic N) is 2. The van der Waals surface area contributed by atoms with Gasteiger partial charge in [-0.2, -0.15) is 9.40 Å². The Hall–Kier alpha value is -1.18. The molecule has 0 radical (unpaired) electrons. The highest BCUT2D eigenvalue weighted by Crippen LogP contribution is 2.19. The molecular weight excluding hydrogens is 276 g/mol. The molecule has 1 aromatic heterocycles. The van der Waals surface area contributed by atoms with E-state index in [1.54, 1.807) is 13.1 Å². The highest BCUT2D eigenvalue weighted by Gasteiger charge is 2.27. The van der Waals surface area contributed by atoms with Crippen molar-refractivity contribution < 1.29 is 8.42 Å². The smallest absolute Gasteiger partial charge is 0.262 e. The molecule has 1 rings (SSSR count). The first kappa shape index (κ1) is 16.9. The summed E-state index contributed by atoms with van der Waals surface area (Å²) in [4.78, 5) is 0. The van der Waals surface area contributed by atoms with Gasteiger partial charge in [0.15, 0.2) is 5.03 Å². The van der Waals surface area contributed by atoms with E-state index in [0.717, 1.165) is 25.1 Å². The van der Waals surface area contributed by atoms with Crippen molar-refractivity contribution in [2.75, 3.05) is 20.1 Å². The number of aromatic nitrogens is 2. The Morgan fingerprint density at radius 1 is 1.50 bits per heavy atom. The monoisotopic (exact) mass is 300 g/mol. The van der Waals surface area contributed by atoms with Crippen molar-refractivity contribution in [3.63, 3.8) is 0 Å². The quantitative estimate of drug-likeness (QED) is 0.534.